The van der Waals surface area contributed by atoms with Crippen LogP contribution in [-0.2, 0) is 14.4 Å². The predicted octanol–water partition coefficient (Wildman–Crippen LogP) is 3.76. The monoisotopic (exact) mass is 476 g/mol. The van der Waals surface area contributed by atoms with E-state index in [4.69, 9.17) is 21.7 Å². The quantitative estimate of drug-likeness (QED) is 0.237. The molecule has 32 heavy (non-hydrogen) atoms. The number of carbonyl (C=O) groups is 3. The first-order chi connectivity index (χ1) is 15.2. The van der Waals surface area contributed by atoms with Gasteiger partial charge < -0.3 is 14.6 Å². The molecule has 12 heteroatoms. The summed E-state index contributed by atoms with van der Waals surface area (Å²) in [5, 5.41) is 29.0. The second kappa shape index (κ2) is 9.75. The van der Waals surface area contributed by atoms with E-state index in [0.29, 0.717) is 17.1 Å². The minimum atomic E-state index is -1.27. The summed E-state index contributed by atoms with van der Waals surface area (Å²) in [5.41, 5.74) is 0.549. The Morgan fingerprint density at radius 2 is 1.91 bits per heavy atom. The number of hydrogen-bond acceptors (Lipinski definition) is 8. The van der Waals surface area contributed by atoms with Crippen molar-refractivity contribution in [2.75, 3.05) is 0 Å². The molecule has 0 spiro atoms. The summed E-state index contributed by atoms with van der Waals surface area (Å²) in [5.74, 6) is -2.18. The average molecular weight is 476 g/mol. The first kappa shape index (κ1) is 23.2. The molecule has 1 aliphatic rings. The minimum absolute atomic E-state index is 0.0492. The van der Waals surface area contributed by atoms with Crippen LogP contribution in [0.25, 0.3) is 17.4 Å². The molecule has 0 radical (unpaired) electrons. The molecule has 1 amide bonds. The van der Waals surface area contributed by atoms with E-state index in [9.17, 15) is 29.6 Å². The molecular formula is C20H16N2O8S2. The number of nitrogens with zero attached hydrogens (tertiary/aromatic N) is 2. The summed E-state index contributed by atoms with van der Waals surface area (Å²) in [6.45, 7) is 0. The van der Waals surface area contributed by atoms with Gasteiger partial charge in [-0.3, -0.25) is 24.6 Å². The lowest BCUT2D eigenvalue weighted by molar-refractivity contribution is -0.384. The molecule has 2 heterocycles. The summed E-state index contributed by atoms with van der Waals surface area (Å²) >= 11 is 6.11. The molecule has 1 aliphatic heterocycles. The Morgan fingerprint density at radius 3 is 2.50 bits per heavy atom. The zero-order chi connectivity index (χ0) is 23.4. The van der Waals surface area contributed by atoms with Crippen LogP contribution < -0.4 is 0 Å². The summed E-state index contributed by atoms with van der Waals surface area (Å²) < 4.78 is 5.76. The van der Waals surface area contributed by atoms with Gasteiger partial charge in [-0.25, -0.2) is 4.79 Å². The van der Waals surface area contributed by atoms with Crippen molar-refractivity contribution in [3.8, 4) is 11.3 Å². The van der Waals surface area contributed by atoms with Crippen LogP contribution in [0.1, 0.15) is 25.0 Å². The first-order valence-corrected chi connectivity index (χ1v) is 10.5. The molecule has 0 aliphatic carbocycles. The number of furan rings is 1. The highest BCUT2D eigenvalue weighted by Crippen LogP contribution is 2.36. The van der Waals surface area contributed by atoms with Gasteiger partial charge in [0.2, 0.25) is 0 Å². The Hall–Kier alpha value is -3.51. The van der Waals surface area contributed by atoms with Crippen molar-refractivity contribution >= 4 is 57.9 Å². The average Bonchev–Trinajstić information content (AvgIpc) is 3.30. The molecule has 0 saturated carbocycles. The van der Waals surface area contributed by atoms with E-state index in [-0.39, 0.29) is 34.2 Å². The number of thioether (sulfide) groups is 1. The molecule has 1 fully saturated rings. The molecule has 2 aromatic rings. The smallest absolute Gasteiger partial charge is 0.326 e. The molecule has 1 aromatic carbocycles. The van der Waals surface area contributed by atoms with Crippen LogP contribution in [0.15, 0.2) is 45.7 Å². The number of rotatable bonds is 9. The Labute approximate surface area is 190 Å². The fourth-order valence-corrected chi connectivity index (χ4v) is 4.36. The third-order valence-corrected chi connectivity index (χ3v) is 5.88. The summed E-state index contributed by atoms with van der Waals surface area (Å²) in [4.78, 5) is 46.6. The number of nitro groups is 1. The van der Waals surface area contributed by atoms with Crippen molar-refractivity contribution in [2.24, 2.45) is 0 Å². The zero-order valence-corrected chi connectivity index (χ0v) is 17.9. The van der Waals surface area contributed by atoms with Gasteiger partial charge in [0.1, 0.15) is 21.9 Å². The van der Waals surface area contributed by atoms with Crippen molar-refractivity contribution in [3.05, 3.63) is 57.2 Å². The van der Waals surface area contributed by atoms with Gasteiger partial charge in [0.15, 0.2) is 0 Å². The molecule has 2 N–H and O–H groups in total. The highest BCUT2D eigenvalue weighted by atomic mass is 32.2. The number of hydrogen-bond donors (Lipinski definition) is 2. The number of aliphatic carboxylic acids is 2. The number of carboxylic acids is 2. The van der Waals surface area contributed by atoms with Gasteiger partial charge in [-0.2, -0.15) is 0 Å². The van der Waals surface area contributed by atoms with Gasteiger partial charge in [0.05, 0.1) is 9.83 Å². The van der Waals surface area contributed by atoms with E-state index in [1.165, 1.54) is 30.3 Å². The maximum absolute atomic E-state index is 12.8. The van der Waals surface area contributed by atoms with E-state index in [0.717, 1.165) is 16.7 Å². The number of nitro benzene ring substituents is 1. The number of thiocarbonyl (C=S) groups is 1. The number of carboxylic acid groups (broad SMARTS) is 2. The van der Waals surface area contributed by atoms with Crippen LogP contribution in [0.2, 0.25) is 0 Å². The Kier molecular flexibility index (Phi) is 7.05. The largest absolute Gasteiger partial charge is 0.481 e. The van der Waals surface area contributed by atoms with Crippen molar-refractivity contribution in [1.82, 2.24) is 4.90 Å². The summed E-state index contributed by atoms with van der Waals surface area (Å²) in [6.07, 6.45) is 1.25. The van der Waals surface area contributed by atoms with Gasteiger partial charge in [0, 0.05) is 30.2 Å². The van der Waals surface area contributed by atoms with Crippen LogP contribution in [0.3, 0.4) is 0 Å². The van der Waals surface area contributed by atoms with E-state index in [1.807, 2.05) is 0 Å². The van der Waals surface area contributed by atoms with E-state index in [1.54, 1.807) is 12.1 Å². The standard InChI is InChI=1S/C20H16N2O8S2/c23-17(24)3-1-2-14(19(26)27)21-18(25)16(32-20(21)31)10-13-8-9-15(30-13)11-4-6-12(7-5-11)22(28)29/h4-10,14H,1-3H2,(H,23,24)(H,26,27)/b16-10+/t14-/m1/s1. The van der Waals surface area contributed by atoms with Gasteiger partial charge in [-0.1, -0.05) is 24.0 Å². The number of non-ortho nitro benzene ring substituents is 1. The van der Waals surface area contributed by atoms with Crippen molar-refractivity contribution in [3.63, 3.8) is 0 Å². The second-order valence-corrected chi connectivity index (χ2v) is 8.37. The SMILES string of the molecule is O=C(O)CCC[C@H](C(=O)O)N1C(=O)/C(=C\c2ccc(-c3ccc([N+](=O)[O-])cc3)o2)SC1=S. The molecule has 0 bridgehead atoms. The summed E-state index contributed by atoms with van der Waals surface area (Å²) in [6, 6.07) is 7.74. The van der Waals surface area contributed by atoms with Crippen LogP contribution >= 0.6 is 24.0 Å². The highest BCUT2D eigenvalue weighted by molar-refractivity contribution is 8.26. The Morgan fingerprint density at radius 1 is 1.22 bits per heavy atom. The predicted molar refractivity (Wildman–Crippen MR) is 119 cm³/mol. The molecule has 1 aromatic heterocycles. The summed E-state index contributed by atoms with van der Waals surface area (Å²) in [7, 11) is 0. The maximum Gasteiger partial charge on any atom is 0.326 e. The highest BCUT2D eigenvalue weighted by Gasteiger charge is 2.40. The first-order valence-electron chi connectivity index (χ1n) is 9.23. The third-order valence-electron chi connectivity index (χ3n) is 4.55. The lowest BCUT2D eigenvalue weighted by Gasteiger charge is -2.22. The lowest BCUT2D eigenvalue weighted by Crippen LogP contribution is -2.43. The van der Waals surface area contributed by atoms with Crippen LogP contribution in [0.4, 0.5) is 5.69 Å². The van der Waals surface area contributed by atoms with E-state index < -0.39 is 28.8 Å². The number of benzene rings is 1. The number of amides is 1. The molecule has 0 unspecified atom stereocenters. The Bertz CT molecular complexity index is 1120. The van der Waals surface area contributed by atoms with Crippen LogP contribution in [0, 0.1) is 10.1 Å². The fraction of sp³-hybridized carbons (Fsp3) is 0.200. The van der Waals surface area contributed by atoms with Gasteiger partial charge in [-0.15, -0.1) is 0 Å². The van der Waals surface area contributed by atoms with Gasteiger partial charge in [-0.05, 0) is 37.1 Å². The maximum atomic E-state index is 12.8. The number of carbonyl (C=O) groups excluding carboxylic acids is 1. The van der Waals surface area contributed by atoms with E-state index in [2.05, 4.69) is 0 Å². The zero-order valence-electron chi connectivity index (χ0n) is 16.3. The second-order valence-electron chi connectivity index (χ2n) is 6.70. The Balaban J connectivity index is 1.77. The molecule has 1 saturated heterocycles. The lowest BCUT2D eigenvalue weighted by atomic mass is 10.1. The van der Waals surface area contributed by atoms with Crippen molar-refractivity contribution < 1.29 is 33.9 Å². The van der Waals surface area contributed by atoms with Crippen LogP contribution in [0.5, 0.6) is 0 Å². The topological polar surface area (TPSA) is 151 Å². The minimum Gasteiger partial charge on any atom is -0.481 e. The molecule has 3 rings (SSSR count). The van der Waals surface area contributed by atoms with Crippen molar-refractivity contribution in [1.29, 1.82) is 0 Å². The molecule has 10 nitrogen and oxygen atoms in total. The fourth-order valence-electron chi connectivity index (χ4n) is 3.02. The molecule has 166 valence electrons. The molecule has 1 atom stereocenters. The van der Waals surface area contributed by atoms with Crippen molar-refractivity contribution in [2.45, 2.75) is 25.3 Å². The molecular weight excluding hydrogens is 460 g/mol. The van der Waals surface area contributed by atoms with Gasteiger partial charge >= 0.3 is 11.9 Å². The van der Waals surface area contributed by atoms with Gasteiger partial charge in [0.25, 0.3) is 11.6 Å². The van der Waals surface area contributed by atoms with E-state index >= 15 is 0 Å². The normalized spacial score (nSPS) is 15.9. The van der Waals surface area contributed by atoms with Crippen LogP contribution in [-0.4, -0.2) is 48.2 Å². The third kappa shape index (κ3) is 5.21.